The SMILES string of the molecule is COC(=O)CC(NC(=O)CNC(=O)CCCN(C(=O)OC(C)(C)C)c1cc(C)ccn1)c1ccc(-c2ccc(OCCOCCOCCOCCOCCN)c3ccccc23)cc1.C[NH-].[I][Os]. The molecule has 3 aromatic carbocycles. The number of aromatic nitrogens is 1. The normalized spacial score (nSPS) is 11.3. The van der Waals surface area contributed by atoms with Gasteiger partial charge in [-0.2, -0.15) is 7.05 Å². The van der Waals surface area contributed by atoms with Gasteiger partial charge in [0.05, 0.1) is 79.0 Å². The molecule has 4 rings (SSSR count). The van der Waals surface area contributed by atoms with E-state index in [-0.39, 0.29) is 31.8 Å². The molecule has 0 fully saturated rings. The van der Waals surface area contributed by atoms with E-state index in [2.05, 4.69) is 35.3 Å². The number of amides is 3. The van der Waals surface area contributed by atoms with Crippen molar-refractivity contribution in [2.75, 3.05) is 98.2 Å². The number of esters is 1. The minimum absolute atomic E-state index is 0.0447. The van der Waals surface area contributed by atoms with Crippen molar-refractivity contribution in [1.82, 2.24) is 15.6 Å². The Morgan fingerprint density at radius 1 is 0.806 bits per heavy atom. The molecule has 0 aliphatic heterocycles. The van der Waals surface area contributed by atoms with E-state index >= 15 is 0 Å². The third kappa shape index (κ3) is 23.0. The van der Waals surface area contributed by atoms with Gasteiger partial charge in [-0.25, -0.2) is 9.78 Å². The Labute approximate surface area is 416 Å². The van der Waals surface area contributed by atoms with E-state index in [1.807, 2.05) is 88.7 Å². The quantitative estimate of drug-likeness (QED) is 0.0305. The molecule has 3 amide bonds. The number of ether oxygens (including phenoxy) is 7. The van der Waals surface area contributed by atoms with Crippen LogP contribution in [0.1, 0.15) is 57.2 Å². The second kappa shape index (κ2) is 34.0. The predicted octanol–water partition coefficient (Wildman–Crippen LogP) is 7.22. The molecule has 4 aromatic rings. The fourth-order valence-corrected chi connectivity index (χ4v) is 6.30. The molecule has 17 nitrogen and oxygen atoms in total. The van der Waals surface area contributed by atoms with E-state index in [1.165, 1.54) is 19.1 Å². The Hall–Kier alpha value is -4.32. The van der Waals surface area contributed by atoms with Crippen LogP contribution in [-0.4, -0.2) is 128 Å². The Morgan fingerprint density at radius 2 is 1.40 bits per heavy atom. The molecule has 0 aliphatic rings. The summed E-state index contributed by atoms with van der Waals surface area (Å²) in [6.45, 7) is 11.7. The topological polar surface area (TPSA) is 223 Å². The van der Waals surface area contributed by atoms with Crippen molar-refractivity contribution >= 4 is 60.1 Å². The number of nitrogens with one attached hydrogen (secondary N) is 3. The molecular formula is C48H67IN6O11Os-. The summed E-state index contributed by atoms with van der Waals surface area (Å²) in [7, 11) is 2.54. The number of hydrogen-bond acceptors (Lipinski definition) is 13. The Morgan fingerprint density at radius 3 is 1.99 bits per heavy atom. The van der Waals surface area contributed by atoms with Gasteiger partial charge in [-0.05, 0) is 80.0 Å². The van der Waals surface area contributed by atoms with Gasteiger partial charge < -0.3 is 55.3 Å². The molecule has 1 heterocycles. The first kappa shape index (κ1) is 58.8. The van der Waals surface area contributed by atoms with Crippen LogP contribution in [0.4, 0.5) is 10.6 Å². The maximum atomic E-state index is 13.1. The molecule has 371 valence electrons. The van der Waals surface area contributed by atoms with Crippen LogP contribution >= 0.6 is 19.7 Å². The molecule has 1 atom stereocenters. The third-order valence-corrected chi connectivity index (χ3v) is 9.33. The number of anilines is 1. The molecule has 1 unspecified atom stereocenters. The van der Waals surface area contributed by atoms with Crippen LogP contribution in [-0.2, 0) is 57.9 Å². The summed E-state index contributed by atoms with van der Waals surface area (Å²) >= 11 is 4.01. The molecule has 19 heteroatoms. The first-order valence-electron chi connectivity index (χ1n) is 21.8. The number of carbonyl (C=O) groups is 4. The van der Waals surface area contributed by atoms with Gasteiger partial charge in [0.15, 0.2) is 0 Å². The van der Waals surface area contributed by atoms with Crippen molar-refractivity contribution in [3.63, 3.8) is 0 Å². The van der Waals surface area contributed by atoms with Crippen LogP contribution < -0.4 is 26.0 Å². The number of rotatable bonds is 27. The average Bonchev–Trinajstić information content (AvgIpc) is 3.32. The van der Waals surface area contributed by atoms with E-state index in [0.29, 0.717) is 83.8 Å². The number of nitrogens with two attached hydrogens (primary N) is 1. The van der Waals surface area contributed by atoms with E-state index in [9.17, 15) is 19.2 Å². The number of halogens is 1. The zero-order valence-corrected chi connectivity index (χ0v) is 44.1. The summed E-state index contributed by atoms with van der Waals surface area (Å²) in [5, 5.41) is 7.43. The van der Waals surface area contributed by atoms with E-state index < -0.39 is 29.6 Å². The predicted molar refractivity (Wildman–Crippen MR) is 264 cm³/mol. The number of benzene rings is 3. The molecule has 0 bridgehead atoms. The number of fused-ring (bicyclic) bond motifs is 1. The van der Waals surface area contributed by atoms with Crippen molar-refractivity contribution in [1.29, 1.82) is 0 Å². The molecule has 67 heavy (non-hydrogen) atoms. The van der Waals surface area contributed by atoms with Crippen LogP contribution in [0.3, 0.4) is 0 Å². The van der Waals surface area contributed by atoms with Gasteiger partial charge in [-0.3, -0.25) is 19.3 Å². The van der Waals surface area contributed by atoms with E-state index in [0.717, 1.165) is 33.2 Å². The number of methoxy groups -OCH3 is 1. The zero-order valence-electron chi connectivity index (χ0n) is 39.4. The van der Waals surface area contributed by atoms with Gasteiger partial charge in [-0.15, -0.1) is 0 Å². The number of pyridine rings is 1. The number of carbonyl (C=O) groups excluding carboxylic acids is 4. The van der Waals surface area contributed by atoms with Gasteiger partial charge in [0.2, 0.25) is 11.8 Å². The summed E-state index contributed by atoms with van der Waals surface area (Å²) < 4.78 is 38.5. The molecule has 5 N–H and O–H groups in total. The van der Waals surface area contributed by atoms with Gasteiger partial charge in [0.25, 0.3) is 0 Å². The molecule has 0 aliphatic carbocycles. The Bertz CT molecular complexity index is 2060. The number of aryl methyl sites for hydroxylation is 1. The summed E-state index contributed by atoms with van der Waals surface area (Å²) in [5.74, 6) is -0.218. The minimum atomic E-state index is -0.720. The summed E-state index contributed by atoms with van der Waals surface area (Å²) in [6.07, 6.45) is 1.26. The van der Waals surface area contributed by atoms with Crippen molar-refractivity contribution in [2.45, 2.75) is 58.6 Å². The van der Waals surface area contributed by atoms with Gasteiger partial charge in [0.1, 0.15) is 23.8 Å². The van der Waals surface area contributed by atoms with E-state index in [1.54, 1.807) is 33.0 Å². The fraction of sp³-hybridized carbons (Fsp3) is 0.479. The monoisotopic (exact) mass is 1220 g/mol. The summed E-state index contributed by atoms with van der Waals surface area (Å²) in [5.41, 5.74) is 13.9. The standard InChI is InChI=1S/C47H63N5O11.CH4N.HI.Os/c1-34-18-20-49-42(31-34)52(46(56)63-47(2,3)4)21-8-11-43(53)50-33-44(54)51-40(32-45(55)57-5)36-14-12-35(13-15-36)37-16-17-41(39-10-7-6-9-38(37)39)62-30-29-61-28-27-60-26-25-59-24-23-58-22-19-48;1-2;;/h6-7,9-10,12-18,20,31,40H,8,11,19,21-30,32-33,48H2,1-5H3,(H,50,53)(H,51,54);2H,1H3;1H;/q;-1;;+1/p-1. The Kier molecular flexibility index (Phi) is 29.9. The zero-order chi connectivity index (χ0) is 49.5. The summed E-state index contributed by atoms with van der Waals surface area (Å²) in [6, 6.07) is 22.3. The molecule has 1 aromatic heterocycles. The van der Waals surface area contributed by atoms with Crippen molar-refractivity contribution < 1.29 is 67.4 Å². The first-order valence-corrected chi connectivity index (χ1v) is 29.0. The van der Waals surface area contributed by atoms with Crippen molar-refractivity contribution in [2.24, 2.45) is 5.73 Å². The molecular weight excluding hydrogens is 1150 g/mol. The summed E-state index contributed by atoms with van der Waals surface area (Å²) in [4.78, 5) is 57.1. The Balaban J connectivity index is 0.00000375. The van der Waals surface area contributed by atoms with Crippen LogP contribution in [0.5, 0.6) is 5.75 Å². The third-order valence-electron chi connectivity index (χ3n) is 9.33. The van der Waals surface area contributed by atoms with Gasteiger partial charge in [-0.1, -0.05) is 54.6 Å². The second-order valence-electron chi connectivity index (χ2n) is 15.5. The second-order valence-corrected chi connectivity index (χ2v) is 15.5. The maximum absolute atomic E-state index is 13.1. The molecule has 0 saturated heterocycles. The average molecular weight is 1220 g/mol. The van der Waals surface area contributed by atoms with Crippen LogP contribution in [0.2, 0.25) is 0 Å². The van der Waals surface area contributed by atoms with E-state index in [4.69, 9.17) is 44.6 Å². The number of hydrogen-bond donors (Lipinski definition) is 3. The molecule has 0 radical (unpaired) electrons. The van der Waals surface area contributed by atoms with Crippen LogP contribution in [0.25, 0.3) is 27.6 Å². The van der Waals surface area contributed by atoms with Crippen LogP contribution in [0, 0.1) is 6.92 Å². The first-order chi connectivity index (χ1) is 32.4. The van der Waals surface area contributed by atoms with Gasteiger partial charge >= 0.3 is 46.8 Å². The molecule has 0 saturated carbocycles. The molecule has 0 spiro atoms. The van der Waals surface area contributed by atoms with Crippen molar-refractivity contribution in [3.8, 4) is 16.9 Å². The van der Waals surface area contributed by atoms with Crippen molar-refractivity contribution in [3.05, 3.63) is 95.9 Å². The van der Waals surface area contributed by atoms with Crippen LogP contribution in [0.15, 0.2) is 79.0 Å². The van der Waals surface area contributed by atoms with Gasteiger partial charge in [0, 0.05) is 31.1 Å². The number of nitrogens with zero attached hydrogens (tertiary/aromatic N) is 2. The fourth-order valence-electron chi connectivity index (χ4n) is 6.30.